The third-order valence-electron chi connectivity index (χ3n) is 4.73. The van der Waals surface area contributed by atoms with Crippen molar-refractivity contribution in [2.24, 2.45) is 0 Å². The zero-order chi connectivity index (χ0) is 20.3. The lowest BCUT2D eigenvalue weighted by molar-refractivity contribution is -0.138. The number of hydrogen-bond donors (Lipinski definition) is 0. The topological polar surface area (TPSA) is 60.2 Å². The molecule has 7 heteroatoms. The molecule has 0 spiro atoms. The molecule has 1 heterocycles. The van der Waals surface area contributed by atoms with Crippen molar-refractivity contribution >= 4 is 21.8 Å². The molecule has 2 atom stereocenters. The summed E-state index contributed by atoms with van der Waals surface area (Å²) in [5.41, 5.74) is 3.07. The number of carbonyl (C=O) groups excluding carboxylic acids is 1. The van der Waals surface area contributed by atoms with Gasteiger partial charge in [-0.3, -0.25) is 4.79 Å². The summed E-state index contributed by atoms with van der Waals surface area (Å²) in [7, 11) is 1.79. The molecular weight excluding hydrogens is 420 g/mol. The van der Waals surface area contributed by atoms with Crippen LogP contribution in [0.2, 0.25) is 0 Å². The molecule has 0 saturated heterocycles. The van der Waals surface area contributed by atoms with Crippen molar-refractivity contribution in [1.29, 1.82) is 0 Å². The lowest BCUT2D eigenvalue weighted by Gasteiger charge is -2.28. The van der Waals surface area contributed by atoms with Crippen LogP contribution in [0.15, 0.2) is 59.6 Å². The average molecular weight is 443 g/mol. The van der Waals surface area contributed by atoms with E-state index >= 15 is 0 Å². The summed E-state index contributed by atoms with van der Waals surface area (Å²) in [6, 6.07) is 13.6. The van der Waals surface area contributed by atoms with Gasteiger partial charge < -0.3 is 9.64 Å². The van der Waals surface area contributed by atoms with E-state index in [1.807, 2.05) is 56.3 Å². The highest BCUT2D eigenvalue weighted by atomic mass is 79.9. The molecule has 0 aliphatic rings. The number of aromatic nitrogens is 3. The minimum Gasteiger partial charge on any atom is -0.480 e. The van der Waals surface area contributed by atoms with E-state index in [1.54, 1.807) is 29.9 Å². The second-order valence-electron chi connectivity index (χ2n) is 6.75. The van der Waals surface area contributed by atoms with Crippen LogP contribution in [-0.2, 0) is 4.79 Å². The van der Waals surface area contributed by atoms with E-state index in [-0.39, 0.29) is 11.9 Å². The Bertz CT molecular complexity index is 942. The molecule has 1 aromatic heterocycles. The number of benzene rings is 2. The van der Waals surface area contributed by atoms with Gasteiger partial charge >= 0.3 is 0 Å². The molecule has 0 saturated carbocycles. The predicted molar refractivity (Wildman–Crippen MR) is 112 cm³/mol. The first-order valence-electron chi connectivity index (χ1n) is 9.01. The largest absolute Gasteiger partial charge is 0.480 e. The van der Waals surface area contributed by atoms with Gasteiger partial charge in [-0.1, -0.05) is 18.2 Å². The SMILES string of the molecule is Cc1ccc(OC(C)C(=O)N(C)C(C)c2ccc(-n3cncn3)cc2)c(Br)c1. The van der Waals surface area contributed by atoms with Gasteiger partial charge in [0.2, 0.25) is 0 Å². The molecule has 0 aliphatic heterocycles. The van der Waals surface area contributed by atoms with E-state index in [0.29, 0.717) is 5.75 Å². The standard InChI is InChI=1S/C21H23BrN4O2/c1-14-5-10-20(19(22)11-14)28-16(3)21(27)25(4)15(2)17-6-8-18(9-7-17)26-13-23-12-24-26/h5-13,15-16H,1-4H3. The van der Waals surface area contributed by atoms with Crippen LogP contribution >= 0.6 is 15.9 Å². The van der Waals surface area contributed by atoms with E-state index < -0.39 is 6.10 Å². The van der Waals surface area contributed by atoms with Crippen LogP contribution in [0, 0.1) is 6.92 Å². The average Bonchev–Trinajstić information content (AvgIpc) is 3.23. The molecule has 0 bridgehead atoms. The van der Waals surface area contributed by atoms with Crippen molar-refractivity contribution in [2.45, 2.75) is 32.9 Å². The summed E-state index contributed by atoms with van der Waals surface area (Å²) in [6.07, 6.45) is 2.55. The first-order chi connectivity index (χ1) is 13.4. The second-order valence-corrected chi connectivity index (χ2v) is 7.60. The molecule has 0 N–H and O–H groups in total. The fraction of sp³-hybridized carbons (Fsp3) is 0.286. The number of amides is 1. The number of likely N-dealkylation sites (N-methyl/N-ethyl adjacent to an activating group) is 1. The van der Waals surface area contributed by atoms with E-state index in [0.717, 1.165) is 21.3 Å². The molecule has 3 aromatic rings. The van der Waals surface area contributed by atoms with Crippen molar-refractivity contribution < 1.29 is 9.53 Å². The summed E-state index contributed by atoms with van der Waals surface area (Å²) in [5.74, 6) is 0.574. The van der Waals surface area contributed by atoms with Crippen molar-refractivity contribution in [2.75, 3.05) is 7.05 Å². The minimum atomic E-state index is -0.596. The van der Waals surface area contributed by atoms with Gasteiger partial charge in [-0.2, -0.15) is 5.10 Å². The molecule has 146 valence electrons. The molecule has 6 nitrogen and oxygen atoms in total. The van der Waals surface area contributed by atoms with Crippen LogP contribution in [0.1, 0.15) is 31.0 Å². The summed E-state index contributed by atoms with van der Waals surface area (Å²) in [4.78, 5) is 18.5. The van der Waals surface area contributed by atoms with Crippen LogP contribution in [0.25, 0.3) is 5.69 Å². The Morgan fingerprint density at radius 3 is 2.50 bits per heavy atom. The van der Waals surface area contributed by atoms with Gasteiger partial charge in [-0.25, -0.2) is 9.67 Å². The number of hydrogen-bond acceptors (Lipinski definition) is 4. The minimum absolute atomic E-state index is 0.0830. The molecule has 2 aromatic carbocycles. The maximum absolute atomic E-state index is 12.9. The zero-order valence-electron chi connectivity index (χ0n) is 16.3. The highest BCUT2D eigenvalue weighted by molar-refractivity contribution is 9.10. The quantitative estimate of drug-likeness (QED) is 0.569. The van der Waals surface area contributed by atoms with Gasteiger partial charge in [0.25, 0.3) is 5.91 Å². The van der Waals surface area contributed by atoms with E-state index in [2.05, 4.69) is 26.0 Å². The molecule has 3 rings (SSSR count). The van der Waals surface area contributed by atoms with Crippen LogP contribution < -0.4 is 4.74 Å². The first kappa shape index (κ1) is 20.1. The van der Waals surface area contributed by atoms with Crippen LogP contribution in [-0.4, -0.2) is 38.7 Å². The van der Waals surface area contributed by atoms with Gasteiger partial charge in [0, 0.05) is 7.05 Å². The third-order valence-corrected chi connectivity index (χ3v) is 5.35. The van der Waals surface area contributed by atoms with Gasteiger partial charge in [-0.15, -0.1) is 0 Å². The molecule has 0 fully saturated rings. The van der Waals surface area contributed by atoms with Crippen LogP contribution in [0.5, 0.6) is 5.75 Å². The predicted octanol–water partition coefficient (Wildman–Crippen LogP) is 4.33. The fourth-order valence-corrected chi connectivity index (χ4v) is 3.48. The zero-order valence-corrected chi connectivity index (χ0v) is 17.9. The van der Waals surface area contributed by atoms with E-state index in [1.165, 1.54) is 6.33 Å². The van der Waals surface area contributed by atoms with Gasteiger partial charge in [0.15, 0.2) is 6.10 Å². The van der Waals surface area contributed by atoms with Gasteiger partial charge in [0.1, 0.15) is 18.4 Å². The van der Waals surface area contributed by atoms with Crippen LogP contribution in [0.3, 0.4) is 0 Å². The van der Waals surface area contributed by atoms with Gasteiger partial charge in [0.05, 0.1) is 16.2 Å². The number of aryl methyl sites for hydroxylation is 1. The maximum Gasteiger partial charge on any atom is 0.263 e. The first-order valence-corrected chi connectivity index (χ1v) is 9.80. The molecule has 2 unspecified atom stereocenters. The van der Waals surface area contributed by atoms with Crippen molar-refractivity contribution in [1.82, 2.24) is 19.7 Å². The molecule has 28 heavy (non-hydrogen) atoms. The maximum atomic E-state index is 12.9. The Kier molecular flexibility index (Phi) is 6.14. The smallest absolute Gasteiger partial charge is 0.263 e. The Hall–Kier alpha value is -2.67. The Morgan fingerprint density at radius 2 is 1.89 bits per heavy atom. The fourth-order valence-electron chi connectivity index (χ4n) is 2.89. The number of halogens is 1. The molecule has 1 amide bonds. The lowest BCUT2D eigenvalue weighted by atomic mass is 10.1. The van der Waals surface area contributed by atoms with Crippen LogP contribution in [0.4, 0.5) is 0 Å². The normalized spacial score (nSPS) is 13.0. The number of nitrogens with zero attached hydrogens (tertiary/aromatic N) is 4. The summed E-state index contributed by atoms with van der Waals surface area (Å²) in [5, 5.41) is 4.12. The monoisotopic (exact) mass is 442 g/mol. The Morgan fingerprint density at radius 1 is 1.18 bits per heavy atom. The summed E-state index contributed by atoms with van der Waals surface area (Å²) in [6.45, 7) is 5.77. The van der Waals surface area contributed by atoms with Crippen molar-refractivity contribution in [3.05, 3.63) is 70.7 Å². The highest BCUT2D eigenvalue weighted by Crippen LogP contribution is 2.28. The van der Waals surface area contributed by atoms with Crippen molar-refractivity contribution in [3.8, 4) is 11.4 Å². The number of ether oxygens (including phenoxy) is 1. The number of carbonyl (C=O) groups is 1. The molecule has 0 radical (unpaired) electrons. The number of rotatable bonds is 6. The highest BCUT2D eigenvalue weighted by Gasteiger charge is 2.24. The summed E-state index contributed by atoms with van der Waals surface area (Å²) < 4.78 is 8.41. The molecular formula is C21H23BrN4O2. The van der Waals surface area contributed by atoms with Crippen molar-refractivity contribution in [3.63, 3.8) is 0 Å². The molecule has 0 aliphatic carbocycles. The Balaban J connectivity index is 1.67. The van der Waals surface area contributed by atoms with Gasteiger partial charge in [-0.05, 0) is 72.1 Å². The third kappa shape index (κ3) is 4.42. The second kappa shape index (κ2) is 8.56. The van der Waals surface area contributed by atoms with E-state index in [4.69, 9.17) is 4.74 Å². The van der Waals surface area contributed by atoms with E-state index in [9.17, 15) is 4.79 Å². The Labute approximate surface area is 173 Å². The summed E-state index contributed by atoms with van der Waals surface area (Å²) >= 11 is 3.49. The lowest BCUT2D eigenvalue weighted by Crippen LogP contribution is -2.39.